The smallest absolute Gasteiger partial charge is 0.243 e. The van der Waals surface area contributed by atoms with Crippen LogP contribution in [-0.4, -0.2) is 54.2 Å². The molecule has 3 aromatic carbocycles. The minimum atomic E-state index is -0.572. The Morgan fingerprint density at radius 2 is 1.66 bits per heavy atom. The average molecular weight is 661 g/mol. The SMILES string of the molecule is Cn1nnnc1SCC1CC(c2ccc(CO)cc2)OC(c2ccc(-c3cccc(CNC(=O)CCCCCC(=O)NO)c3)cc2)O1. The van der Waals surface area contributed by atoms with Gasteiger partial charge in [-0.3, -0.25) is 14.8 Å². The van der Waals surface area contributed by atoms with Crippen LogP contribution in [0.15, 0.2) is 78.0 Å². The molecule has 2 amide bonds. The highest BCUT2D eigenvalue weighted by Crippen LogP contribution is 2.39. The van der Waals surface area contributed by atoms with Crippen molar-refractivity contribution < 1.29 is 29.4 Å². The van der Waals surface area contributed by atoms with E-state index in [9.17, 15) is 14.7 Å². The van der Waals surface area contributed by atoms with Crippen molar-refractivity contribution in [2.45, 2.75) is 75.3 Å². The third-order valence-corrected chi connectivity index (χ3v) is 9.10. The van der Waals surface area contributed by atoms with Gasteiger partial charge in [-0.25, -0.2) is 10.2 Å². The summed E-state index contributed by atoms with van der Waals surface area (Å²) in [5.41, 5.74) is 7.45. The van der Waals surface area contributed by atoms with Crippen LogP contribution in [0.25, 0.3) is 11.1 Å². The number of benzene rings is 3. The quantitative estimate of drug-likeness (QED) is 0.0605. The van der Waals surface area contributed by atoms with Crippen molar-refractivity contribution in [3.63, 3.8) is 0 Å². The number of carbonyl (C=O) groups is 2. The zero-order valence-corrected chi connectivity index (χ0v) is 27.1. The van der Waals surface area contributed by atoms with Crippen LogP contribution in [0.2, 0.25) is 0 Å². The highest BCUT2D eigenvalue weighted by molar-refractivity contribution is 7.99. The zero-order chi connectivity index (χ0) is 33.0. The monoisotopic (exact) mass is 660 g/mol. The number of amides is 2. The summed E-state index contributed by atoms with van der Waals surface area (Å²) in [5.74, 6) is 0.210. The first-order chi connectivity index (χ1) is 22.9. The van der Waals surface area contributed by atoms with Gasteiger partial charge < -0.3 is 19.9 Å². The number of ether oxygens (including phenoxy) is 2. The van der Waals surface area contributed by atoms with Gasteiger partial charge in [-0.05, 0) is 57.2 Å². The number of carbonyl (C=O) groups excluding carboxylic acids is 2. The highest BCUT2D eigenvalue weighted by Gasteiger charge is 2.32. The van der Waals surface area contributed by atoms with E-state index >= 15 is 0 Å². The number of aliphatic hydroxyl groups excluding tert-OH is 1. The van der Waals surface area contributed by atoms with E-state index in [0.29, 0.717) is 43.1 Å². The van der Waals surface area contributed by atoms with Crippen LogP contribution in [0.3, 0.4) is 0 Å². The minimum absolute atomic E-state index is 0.0110. The molecule has 47 heavy (non-hydrogen) atoms. The maximum Gasteiger partial charge on any atom is 0.243 e. The topological polar surface area (TPSA) is 161 Å². The average Bonchev–Trinajstić information content (AvgIpc) is 3.53. The van der Waals surface area contributed by atoms with Gasteiger partial charge in [0, 0.05) is 44.2 Å². The molecule has 1 aromatic heterocycles. The first-order valence-electron chi connectivity index (χ1n) is 15.7. The molecule has 1 aliphatic heterocycles. The van der Waals surface area contributed by atoms with E-state index in [1.807, 2.05) is 73.8 Å². The Balaban J connectivity index is 1.20. The molecule has 13 heteroatoms. The lowest BCUT2D eigenvalue weighted by Gasteiger charge is -2.36. The number of hydroxylamine groups is 1. The van der Waals surface area contributed by atoms with Gasteiger partial charge in [0.25, 0.3) is 0 Å². The fourth-order valence-electron chi connectivity index (χ4n) is 5.32. The van der Waals surface area contributed by atoms with Crippen molar-refractivity contribution in [1.29, 1.82) is 0 Å². The number of hydrogen-bond acceptors (Lipinski definition) is 10. The number of unbranched alkanes of at least 4 members (excludes halogenated alkanes) is 2. The highest BCUT2D eigenvalue weighted by atomic mass is 32.2. The first kappa shape index (κ1) is 34.2. The number of aryl methyl sites for hydroxylation is 1. The van der Waals surface area contributed by atoms with Crippen LogP contribution in [0.4, 0.5) is 0 Å². The maximum atomic E-state index is 12.3. The van der Waals surface area contributed by atoms with Crippen LogP contribution in [0.5, 0.6) is 0 Å². The van der Waals surface area contributed by atoms with Gasteiger partial charge in [-0.15, -0.1) is 5.10 Å². The predicted octanol–water partition coefficient (Wildman–Crippen LogP) is 4.78. The molecule has 0 saturated carbocycles. The summed E-state index contributed by atoms with van der Waals surface area (Å²) in [6.45, 7) is 0.412. The summed E-state index contributed by atoms with van der Waals surface area (Å²) < 4.78 is 14.6. The van der Waals surface area contributed by atoms with Gasteiger partial charge in [0.05, 0.1) is 18.8 Å². The molecule has 0 radical (unpaired) electrons. The summed E-state index contributed by atoms with van der Waals surface area (Å²) in [5, 5.41) is 33.4. The first-order valence-corrected chi connectivity index (χ1v) is 16.6. The summed E-state index contributed by atoms with van der Waals surface area (Å²) in [7, 11) is 1.81. The molecule has 1 aliphatic rings. The van der Waals surface area contributed by atoms with Crippen LogP contribution >= 0.6 is 11.8 Å². The summed E-state index contributed by atoms with van der Waals surface area (Å²) >= 11 is 1.54. The number of hydrogen-bond donors (Lipinski definition) is 4. The van der Waals surface area contributed by atoms with Gasteiger partial charge in [0.15, 0.2) is 6.29 Å². The third kappa shape index (κ3) is 9.92. The Bertz CT molecular complexity index is 1600. The fourth-order valence-corrected chi connectivity index (χ4v) is 6.19. The molecule has 1 fully saturated rings. The Labute approximate surface area is 277 Å². The van der Waals surface area contributed by atoms with E-state index in [1.165, 1.54) is 0 Å². The lowest BCUT2D eigenvalue weighted by atomic mass is 9.99. The molecular formula is C34H40N6O6S. The minimum Gasteiger partial charge on any atom is -0.392 e. The largest absolute Gasteiger partial charge is 0.392 e. The molecule has 12 nitrogen and oxygen atoms in total. The molecule has 3 atom stereocenters. The van der Waals surface area contributed by atoms with Gasteiger partial charge in [0.2, 0.25) is 17.0 Å². The molecule has 2 heterocycles. The van der Waals surface area contributed by atoms with Crippen molar-refractivity contribution in [2.75, 3.05) is 5.75 Å². The maximum absolute atomic E-state index is 12.3. The van der Waals surface area contributed by atoms with Gasteiger partial charge >= 0.3 is 0 Å². The predicted molar refractivity (Wildman–Crippen MR) is 175 cm³/mol. The van der Waals surface area contributed by atoms with Crippen LogP contribution in [0.1, 0.15) is 73.2 Å². The van der Waals surface area contributed by atoms with E-state index < -0.39 is 12.2 Å². The summed E-state index contributed by atoms with van der Waals surface area (Å²) in [4.78, 5) is 23.4. The van der Waals surface area contributed by atoms with Crippen molar-refractivity contribution in [3.05, 3.63) is 95.1 Å². The molecule has 3 unspecified atom stereocenters. The second-order valence-corrected chi connectivity index (χ2v) is 12.4. The number of nitrogens with one attached hydrogen (secondary N) is 2. The molecule has 5 rings (SSSR count). The Morgan fingerprint density at radius 3 is 2.36 bits per heavy atom. The number of nitrogens with zero attached hydrogens (tertiary/aromatic N) is 4. The normalized spacial score (nSPS) is 17.7. The molecule has 248 valence electrons. The molecule has 4 aromatic rings. The number of aliphatic hydroxyl groups is 1. The van der Waals surface area contributed by atoms with E-state index in [1.54, 1.807) is 21.9 Å². The Morgan fingerprint density at radius 1 is 0.915 bits per heavy atom. The standard InChI is InChI=1S/C34H40N6O6S/c1-40-34(36-38-39-40)47-22-29-19-30(26-12-10-23(21-41)11-13-26)46-33(45-29)27-16-14-25(15-17-27)28-7-5-6-24(18-28)20-35-31(42)8-3-2-4-9-32(43)37-44/h5-7,10-18,29-30,33,41,44H,2-4,8-9,19-22H2,1H3,(H,35,42)(H,37,43). The number of tetrazole rings is 1. The molecule has 0 bridgehead atoms. The van der Waals surface area contributed by atoms with Gasteiger partial charge in [0.1, 0.15) is 0 Å². The third-order valence-electron chi connectivity index (χ3n) is 7.96. The van der Waals surface area contributed by atoms with Gasteiger partial charge in [-0.2, -0.15) is 0 Å². The summed E-state index contributed by atoms with van der Waals surface area (Å²) in [6, 6.07) is 24.0. The fraction of sp³-hybridized carbons (Fsp3) is 0.382. The van der Waals surface area contributed by atoms with E-state index in [4.69, 9.17) is 14.7 Å². The lowest BCUT2D eigenvalue weighted by Crippen LogP contribution is -2.31. The van der Waals surface area contributed by atoms with E-state index in [0.717, 1.165) is 39.8 Å². The van der Waals surface area contributed by atoms with Crippen LogP contribution < -0.4 is 10.8 Å². The van der Waals surface area contributed by atoms with Crippen LogP contribution in [0, 0.1) is 0 Å². The van der Waals surface area contributed by atoms with Crippen LogP contribution in [-0.2, 0) is 39.3 Å². The molecular weight excluding hydrogens is 620 g/mol. The molecule has 4 N–H and O–H groups in total. The Kier molecular flexibility index (Phi) is 12.5. The second kappa shape index (κ2) is 17.1. The van der Waals surface area contributed by atoms with Crippen molar-refractivity contribution in [1.82, 2.24) is 31.0 Å². The van der Waals surface area contributed by atoms with Crippen molar-refractivity contribution in [3.8, 4) is 11.1 Å². The Hall–Kier alpha value is -4.14. The van der Waals surface area contributed by atoms with Gasteiger partial charge in [-0.1, -0.05) is 84.9 Å². The lowest BCUT2D eigenvalue weighted by molar-refractivity contribution is -0.245. The zero-order valence-electron chi connectivity index (χ0n) is 26.2. The van der Waals surface area contributed by atoms with E-state index in [-0.39, 0.29) is 31.1 Å². The van der Waals surface area contributed by atoms with Crippen molar-refractivity contribution in [2.24, 2.45) is 7.05 Å². The van der Waals surface area contributed by atoms with Crippen molar-refractivity contribution >= 4 is 23.6 Å². The molecule has 0 aliphatic carbocycles. The second-order valence-electron chi connectivity index (χ2n) is 11.4. The summed E-state index contributed by atoms with van der Waals surface area (Å²) in [6.07, 6.45) is 2.47. The number of aromatic nitrogens is 4. The molecule has 0 spiro atoms. The number of rotatable bonds is 15. The molecule has 1 saturated heterocycles. The van der Waals surface area contributed by atoms with E-state index in [2.05, 4.69) is 26.9 Å². The number of thioether (sulfide) groups is 1.